The fraction of sp³-hybridized carbons (Fsp3) is 0.423. The maximum absolute atomic E-state index is 13.0. The molecule has 1 aliphatic heterocycles. The van der Waals surface area contributed by atoms with Gasteiger partial charge in [0.25, 0.3) is 0 Å². The number of hydrogen-bond acceptors (Lipinski definition) is 4. The molecule has 2 amide bonds. The summed E-state index contributed by atoms with van der Waals surface area (Å²) in [6.45, 7) is 5.69. The van der Waals surface area contributed by atoms with Crippen molar-refractivity contribution in [2.75, 3.05) is 32.0 Å². The van der Waals surface area contributed by atoms with Crippen LogP contribution in [0.5, 0.6) is 0 Å². The summed E-state index contributed by atoms with van der Waals surface area (Å²) in [5, 5.41) is 2.94. The van der Waals surface area contributed by atoms with Crippen LogP contribution in [0.4, 0.5) is 5.69 Å². The second-order valence-corrected chi connectivity index (χ2v) is 8.88. The standard InChI is InChI=1S/C26H33N5O2/c1-4-19-9-5-6-10-21(19)27-24(32)17-30(3)26(33)18(2)31-15-13-20(14-16-31)25-28-22-11-7-8-12-23(22)29-25/h5-12,18,20H,4,13-17H2,1-3H3,(H,27,32)(H,28,29). The Labute approximate surface area is 195 Å². The minimum Gasteiger partial charge on any atom is -0.342 e. The van der Waals surface area contributed by atoms with E-state index >= 15 is 0 Å². The van der Waals surface area contributed by atoms with Gasteiger partial charge in [-0.15, -0.1) is 0 Å². The van der Waals surface area contributed by atoms with Gasteiger partial charge >= 0.3 is 0 Å². The molecule has 1 aromatic heterocycles. The first kappa shape index (κ1) is 23.0. The number of likely N-dealkylation sites (tertiary alicyclic amines) is 1. The fourth-order valence-corrected chi connectivity index (χ4v) is 4.63. The van der Waals surface area contributed by atoms with Gasteiger partial charge in [0.1, 0.15) is 5.82 Å². The largest absolute Gasteiger partial charge is 0.342 e. The second-order valence-electron chi connectivity index (χ2n) is 8.88. The Bertz CT molecular complexity index is 1080. The van der Waals surface area contributed by atoms with Crippen molar-refractivity contribution in [3.63, 3.8) is 0 Å². The van der Waals surface area contributed by atoms with Gasteiger partial charge in [0.2, 0.25) is 11.8 Å². The molecule has 7 heteroatoms. The van der Waals surface area contributed by atoms with Crippen molar-refractivity contribution in [2.24, 2.45) is 0 Å². The molecule has 174 valence electrons. The Balaban J connectivity index is 1.29. The molecule has 1 aliphatic rings. The zero-order valence-electron chi connectivity index (χ0n) is 19.7. The van der Waals surface area contributed by atoms with Gasteiger partial charge in [-0.05, 0) is 63.0 Å². The number of aryl methyl sites for hydroxylation is 1. The number of carbonyl (C=O) groups is 2. The predicted octanol–water partition coefficient (Wildman–Crippen LogP) is 3.79. The van der Waals surface area contributed by atoms with E-state index in [1.54, 1.807) is 7.05 Å². The van der Waals surface area contributed by atoms with Crippen LogP contribution in [0.2, 0.25) is 0 Å². The molecule has 1 unspecified atom stereocenters. The van der Waals surface area contributed by atoms with Crippen molar-refractivity contribution in [3.8, 4) is 0 Å². The fourth-order valence-electron chi connectivity index (χ4n) is 4.63. The molecule has 1 fully saturated rings. The molecule has 2 heterocycles. The van der Waals surface area contributed by atoms with Crippen LogP contribution in [-0.2, 0) is 16.0 Å². The van der Waals surface area contributed by atoms with Gasteiger partial charge in [-0.2, -0.15) is 0 Å². The highest BCUT2D eigenvalue weighted by molar-refractivity contribution is 5.95. The molecule has 7 nitrogen and oxygen atoms in total. The van der Waals surface area contributed by atoms with E-state index in [1.165, 1.54) is 4.90 Å². The molecule has 33 heavy (non-hydrogen) atoms. The quantitative estimate of drug-likeness (QED) is 0.577. The minimum atomic E-state index is -0.262. The predicted molar refractivity (Wildman–Crippen MR) is 131 cm³/mol. The number of carbonyl (C=O) groups excluding carboxylic acids is 2. The lowest BCUT2D eigenvalue weighted by Gasteiger charge is -2.36. The summed E-state index contributed by atoms with van der Waals surface area (Å²) in [4.78, 5) is 37.5. The third kappa shape index (κ3) is 5.25. The summed E-state index contributed by atoms with van der Waals surface area (Å²) in [6, 6.07) is 15.6. The van der Waals surface area contributed by atoms with Crippen LogP contribution in [0.3, 0.4) is 0 Å². The lowest BCUT2D eigenvalue weighted by Crippen LogP contribution is -2.49. The average molecular weight is 448 g/mol. The van der Waals surface area contributed by atoms with Crippen LogP contribution in [0.25, 0.3) is 11.0 Å². The summed E-state index contributed by atoms with van der Waals surface area (Å²) in [5.41, 5.74) is 3.96. The van der Waals surface area contributed by atoms with E-state index < -0.39 is 0 Å². The molecule has 0 radical (unpaired) electrons. The number of fused-ring (bicyclic) bond motifs is 1. The number of imidazole rings is 1. The van der Waals surface area contributed by atoms with E-state index in [2.05, 4.69) is 28.2 Å². The maximum Gasteiger partial charge on any atom is 0.243 e. The van der Waals surface area contributed by atoms with Crippen molar-refractivity contribution in [1.29, 1.82) is 0 Å². The van der Waals surface area contributed by atoms with Crippen molar-refractivity contribution in [1.82, 2.24) is 19.8 Å². The highest BCUT2D eigenvalue weighted by Gasteiger charge is 2.30. The van der Waals surface area contributed by atoms with Crippen molar-refractivity contribution < 1.29 is 9.59 Å². The molecule has 4 rings (SSSR count). The SMILES string of the molecule is CCc1ccccc1NC(=O)CN(C)C(=O)C(C)N1CCC(c2nc3ccccc3[nH]2)CC1. The van der Waals surface area contributed by atoms with Gasteiger partial charge in [-0.25, -0.2) is 4.98 Å². The number of hydrogen-bond donors (Lipinski definition) is 2. The molecule has 2 aromatic carbocycles. The van der Waals surface area contributed by atoms with Gasteiger partial charge in [-0.3, -0.25) is 14.5 Å². The molecular formula is C26H33N5O2. The van der Waals surface area contributed by atoms with Crippen LogP contribution in [0.1, 0.15) is 44.0 Å². The molecular weight excluding hydrogens is 414 g/mol. The van der Waals surface area contributed by atoms with Crippen LogP contribution < -0.4 is 5.32 Å². The van der Waals surface area contributed by atoms with Gasteiger partial charge in [0, 0.05) is 18.7 Å². The first-order valence-electron chi connectivity index (χ1n) is 11.8. The number of rotatable bonds is 7. The van der Waals surface area contributed by atoms with E-state index in [0.29, 0.717) is 5.92 Å². The van der Waals surface area contributed by atoms with Crippen LogP contribution in [-0.4, -0.2) is 64.3 Å². The van der Waals surface area contributed by atoms with Crippen LogP contribution >= 0.6 is 0 Å². The number of aromatic nitrogens is 2. The Hall–Kier alpha value is -3.19. The van der Waals surface area contributed by atoms with E-state index in [9.17, 15) is 9.59 Å². The molecule has 1 saturated heterocycles. The Morgan fingerprint density at radius 1 is 1.15 bits per heavy atom. The summed E-state index contributed by atoms with van der Waals surface area (Å²) < 4.78 is 0. The van der Waals surface area contributed by atoms with E-state index in [-0.39, 0.29) is 24.4 Å². The number of anilines is 1. The first-order chi connectivity index (χ1) is 16.0. The number of aromatic amines is 1. The second kappa shape index (κ2) is 10.2. The Morgan fingerprint density at radius 2 is 1.85 bits per heavy atom. The Morgan fingerprint density at radius 3 is 2.58 bits per heavy atom. The Kier molecular flexibility index (Phi) is 7.08. The van der Waals surface area contributed by atoms with E-state index in [1.807, 2.05) is 49.4 Å². The zero-order valence-corrected chi connectivity index (χ0v) is 19.7. The number of benzene rings is 2. The molecule has 3 aromatic rings. The normalized spacial score (nSPS) is 16.0. The summed E-state index contributed by atoms with van der Waals surface area (Å²) in [5.74, 6) is 1.20. The van der Waals surface area contributed by atoms with Crippen molar-refractivity contribution in [2.45, 2.75) is 45.1 Å². The zero-order chi connectivity index (χ0) is 23.4. The molecule has 0 bridgehead atoms. The van der Waals surface area contributed by atoms with Crippen LogP contribution in [0, 0.1) is 0 Å². The highest BCUT2D eigenvalue weighted by atomic mass is 16.2. The molecule has 0 spiro atoms. The van der Waals surface area contributed by atoms with Crippen molar-refractivity contribution in [3.05, 3.63) is 59.9 Å². The third-order valence-corrected chi connectivity index (χ3v) is 6.66. The maximum atomic E-state index is 13.0. The molecule has 0 saturated carbocycles. The first-order valence-corrected chi connectivity index (χ1v) is 11.8. The lowest BCUT2D eigenvalue weighted by atomic mass is 9.95. The lowest BCUT2D eigenvalue weighted by molar-refractivity contribution is -0.138. The number of nitrogens with one attached hydrogen (secondary N) is 2. The summed E-state index contributed by atoms with van der Waals surface area (Å²) in [7, 11) is 1.70. The van der Waals surface area contributed by atoms with E-state index in [4.69, 9.17) is 4.98 Å². The number of likely N-dealkylation sites (N-methyl/N-ethyl adjacent to an activating group) is 1. The molecule has 1 atom stereocenters. The van der Waals surface area contributed by atoms with E-state index in [0.717, 1.165) is 60.5 Å². The number of para-hydroxylation sites is 3. The van der Waals surface area contributed by atoms with Crippen LogP contribution in [0.15, 0.2) is 48.5 Å². The number of nitrogens with zero attached hydrogens (tertiary/aromatic N) is 3. The van der Waals surface area contributed by atoms with Crippen molar-refractivity contribution >= 4 is 28.5 Å². The van der Waals surface area contributed by atoms with Gasteiger partial charge < -0.3 is 15.2 Å². The number of H-pyrrole nitrogens is 1. The summed E-state index contributed by atoms with van der Waals surface area (Å²) >= 11 is 0. The minimum absolute atomic E-state index is 0.0314. The topological polar surface area (TPSA) is 81.3 Å². The third-order valence-electron chi connectivity index (χ3n) is 6.66. The molecule has 2 N–H and O–H groups in total. The highest BCUT2D eigenvalue weighted by Crippen LogP contribution is 2.28. The number of amides is 2. The van der Waals surface area contributed by atoms with Gasteiger partial charge in [0.05, 0.1) is 23.6 Å². The smallest absolute Gasteiger partial charge is 0.243 e. The monoisotopic (exact) mass is 447 g/mol. The molecule has 0 aliphatic carbocycles. The average Bonchev–Trinajstić information content (AvgIpc) is 3.28. The summed E-state index contributed by atoms with van der Waals surface area (Å²) in [6.07, 6.45) is 2.75. The van der Waals surface area contributed by atoms with Gasteiger partial charge in [-0.1, -0.05) is 37.3 Å². The number of piperidine rings is 1. The van der Waals surface area contributed by atoms with Gasteiger partial charge in [0.15, 0.2) is 0 Å².